The number of nitrogens with one attached hydrogen (secondary N) is 2. The van der Waals surface area contributed by atoms with Crippen molar-refractivity contribution in [1.82, 2.24) is 10.6 Å². The van der Waals surface area contributed by atoms with Crippen molar-refractivity contribution in [2.24, 2.45) is 5.92 Å². The number of hydrogen-bond acceptors (Lipinski definition) is 2. The van der Waals surface area contributed by atoms with Gasteiger partial charge in [0.1, 0.15) is 0 Å². The van der Waals surface area contributed by atoms with Gasteiger partial charge in [-0.2, -0.15) is 0 Å². The highest BCUT2D eigenvalue weighted by Crippen LogP contribution is 2.19. The molecule has 1 aliphatic carbocycles. The van der Waals surface area contributed by atoms with E-state index in [1.54, 1.807) is 0 Å². The summed E-state index contributed by atoms with van der Waals surface area (Å²) in [7, 11) is 0. The van der Waals surface area contributed by atoms with Crippen LogP contribution in [0, 0.1) is 5.92 Å². The van der Waals surface area contributed by atoms with Crippen LogP contribution in [0.1, 0.15) is 25.7 Å². The molecular weight excluding hydrogens is 183 g/mol. The summed E-state index contributed by atoms with van der Waals surface area (Å²) in [5.41, 5.74) is 0. The summed E-state index contributed by atoms with van der Waals surface area (Å²) >= 11 is 0. The van der Waals surface area contributed by atoms with E-state index in [9.17, 15) is 9.18 Å². The first-order valence-corrected chi connectivity index (χ1v) is 5.42. The summed E-state index contributed by atoms with van der Waals surface area (Å²) in [5, 5.41) is 5.76. The molecule has 3 nitrogen and oxygen atoms in total. The summed E-state index contributed by atoms with van der Waals surface area (Å²) in [4.78, 5) is 11.4. The second-order valence-electron chi connectivity index (χ2n) is 4.31. The third-order valence-corrected chi connectivity index (χ3v) is 3.18. The molecule has 0 aromatic carbocycles. The number of carbonyl (C=O) groups excluding carboxylic acids is 1. The van der Waals surface area contributed by atoms with Crippen molar-refractivity contribution in [1.29, 1.82) is 0 Å². The Hall–Kier alpha value is -0.640. The SMILES string of the molecule is O=C(NC1CCCC1)C(F)C1CNC1. The lowest BCUT2D eigenvalue weighted by atomic mass is 9.97. The van der Waals surface area contributed by atoms with Crippen molar-refractivity contribution in [3.63, 3.8) is 0 Å². The molecule has 80 valence electrons. The predicted octanol–water partition coefficient (Wildman–Crippen LogP) is 0.603. The molecule has 2 aliphatic rings. The van der Waals surface area contributed by atoms with E-state index in [1.165, 1.54) is 0 Å². The highest BCUT2D eigenvalue weighted by molar-refractivity contribution is 5.81. The monoisotopic (exact) mass is 200 g/mol. The number of hydrogen-bond donors (Lipinski definition) is 2. The van der Waals surface area contributed by atoms with Crippen molar-refractivity contribution < 1.29 is 9.18 Å². The Morgan fingerprint density at radius 3 is 2.50 bits per heavy atom. The molecule has 2 fully saturated rings. The molecule has 1 amide bonds. The first kappa shape index (κ1) is 9.90. The van der Waals surface area contributed by atoms with E-state index >= 15 is 0 Å². The van der Waals surface area contributed by atoms with E-state index in [2.05, 4.69) is 10.6 Å². The fraction of sp³-hybridized carbons (Fsp3) is 0.900. The van der Waals surface area contributed by atoms with E-state index in [0.29, 0.717) is 13.1 Å². The van der Waals surface area contributed by atoms with Gasteiger partial charge in [0.05, 0.1) is 0 Å². The third kappa shape index (κ3) is 2.05. The average molecular weight is 200 g/mol. The van der Waals surface area contributed by atoms with E-state index in [4.69, 9.17) is 0 Å². The summed E-state index contributed by atoms with van der Waals surface area (Å²) in [6.07, 6.45) is 3.04. The zero-order chi connectivity index (χ0) is 9.97. The second kappa shape index (κ2) is 4.26. The molecule has 4 heteroatoms. The van der Waals surface area contributed by atoms with E-state index in [1.807, 2.05) is 0 Å². The van der Waals surface area contributed by atoms with Gasteiger partial charge in [-0.3, -0.25) is 4.79 Å². The molecule has 2 rings (SSSR count). The minimum atomic E-state index is -1.31. The lowest BCUT2D eigenvalue weighted by molar-refractivity contribution is -0.129. The largest absolute Gasteiger partial charge is 0.351 e. The standard InChI is InChI=1S/C10H17FN2O/c11-9(7-5-12-6-7)10(14)13-8-3-1-2-4-8/h7-9,12H,1-6H2,(H,13,14). The Balaban J connectivity index is 1.75. The van der Waals surface area contributed by atoms with Gasteiger partial charge in [0, 0.05) is 25.0 Å². The number of amides is 1. The van der Waals surface area contributed by atoms with Gasteiger partial charge in [-0.25, -0.2) is 4.39 Å². The van der Waals surface area contributed by atoms with E-state index in [-0.39, 0.29) is 12.0 Å². The molecule has 1 saturated heterocycles. The number of carbonyl (C=O) groups is 1. The average Bonchev–Trinajstić information content (AvgIpc) is 2.53. The molecule has 1 heterocycles. The van der Waals surface area contributed by atoms with Crippen LogP contribution in [0.2, 0.25) is 0 Å². The summed E-state index contributed by atoms with van der Waals surface area (Å²) < 4.78 is 13.4. The van der Waals surface area contributed by atoms with Gasteiger partial charge in [0.2, 0.25) is 0 Å². The minimum absolute atomic E-state index is 0.101. The van der Waals surface area contributed by atoms with Crippen molar-refractivity contribution in [2.75, 3.05) is 13.1 Å². The quantitative estimate of drug-likeness (QED) is 0.700. The first-order chi connectivity index (χ1) is 6.77. The number of alkyl halides is 1. The predicted molar refractivity (Wildman–Crippen MR) is 51.7 cm³/mol. The van der Waals surface area contributed by atoms with Crippen LogP contribution < -0.4 is 10.6 Å². The fourth-order valence-electron chi connectivity index (χ4n) is 2.08. The molecule has 2 N–H and O–H groups in total. The Kier molecular flexibility index (Phi) is 3.01. The Bertz CT molecular complexity index is 212. The molecule has 0 aromatic rings. The van der Waals surface area contributed by atoms with Crippen LogP contribution >= 0.6 is 0 Å². The molecule has 1 atom stereocenters. The van der Waals surface area contributed by atoms with E-state index in [0.717, 1.165) is 25.7 Å². The van der Waals surface area contributed by atoms with Crippen LogP contribution in [0.4, 0.5) is 4.39 Å². The number of halogens is 1. The molecule has 0 radical (unpaired) electrons. The first-order valence-electron chi connectivity index (χ1n) is 5.42. The molecule has 1 saturated carbocycles. The van der Waals surface area contributed by atoms with Crippen molar-refractivity contribution in [3.05, 3.63) is 0 Å². The van der Waals surface area contributed by atoms with Gasteiger partial charge < -0.3 is 10.6 Å². The molecule has 1 unspecified atom stereocenters. The van der Waals surface area contributed by atoms with Gasteiger partial charge in [0.25, 0.3) is 5.91 Å². The van der Waals surface area contributed by atoms with Gasteiger partial charge in [-0.15, -0.1) is 0 Å². The highest BCUT2D eigenvalue weighted by Gasteiger charge is 2.33. The summed E-state index contributed by atoms with van der Waals surface area (Å²) in [5.74, 6) is -0.500. The lowest BCUT2D eigenvalue weighted by Crippen LogP contribution is -2.53. The summed E-state index contributed by atoms with van der Waals surface area (Å²) in [6.45, 7) is 1.28. The van der Waals surface area contributed by atoms with Crippen molar-refractivity contribution in [3.8, 4) is 0 Å². The second-order valence-corrected chi connectivity index (χ2v) is 4.31. The fourth-order valence-corrected chi connectivity index (χ4v) is 2.08. The smallest absolute Gasteiger partial charge is 0.255 e. The zero-order valence-corrected chi connectivity index (χ0v) is 8.26. The molecule has 1 aliphatic heterocycles. The van der Waals surface area contributed by atoms with Crippen LogP contribution in [0.3, 0.4) is 0 Å². The zero-order valence-electron chi connectivity index (χ0n) is 8.26. The van der Waals surface area contributed by atoms with Crippen LogP contribution in [-0.4, -0.2) is 31.2 Å². The maximum Gasteiger partial charge on any atom is 0.255 e. The van der Waals surface area contributed by atoms with Crippen LogP contribution in [0.5, 0.6) is 0 Å². The normalized spacial score (nSPS) is 25.8. The Morgan fingerprint density at radius 1 is 1.36 bits per heavy atom. The molecule has 0 bridgehead atoms. The van der Waals surface area contributed by atoms with Gasteiger partial charge in [-0.05, 0) is 12.8 Å². The van der Waals surface area contributed by atoms with Gasteiger partial charge in [-0.1, -0.05) is 12.8 Å². The van der Waals surface area contributed by atoms with Crippen molar-refractivity contribution in [2.45, 2.75) is 37.9 Å². The summed E-state index contributed by atoms with van der Waals surface area (Å²) in [6, 6.07) is 0.230. The third-order valence-electron chi connectivity index (χ3n) is 3.18. The topological polar surface area (TPSA) is 41.1 Å². The van der Waals surface area contributed by atoms with Crippen molar-refractivity contribution >= 4 is 5.91 Å². The number of rotatable bonds is 3. The Morgan fingerprint density at radius 2 is 2.00 bits per heavy atom. The highest BCUT2D eigenvalue weighted by atomic mass is 19.1. The van der Waals surface area contributed by atoms with Crippen LogP contribution in [0.15, 0.2) is 0 Å². The lowest BCUT2D eigenvalue weighted by Gasteiger charge is -2.29. The molecule has 14 heavy (non-hydrogen) atoms. The van der Waals surface area contributed by atoms with Crippen LogP contribution in [-0.2, 0) is 4.79 Å². The minimum Gasteiger partial charge on any atom is -0.351 e. The maximum absolute atomic E-state index is 13.4. The Labute approximate surface area is 83.4 Å². The van der Waals surface area contributed by atoms with E-state index < -0.39 is 12.1 Å². The van der Waals surface area contributed by atoms with Gasteiger partial charge >= 0.3 is 0 Å². The van der Waals surface area contributed by atoms with Crippen LogP contribution in [0.25, 0.3) is 0 Å². The molecule has 0 spiro atoms. The molecule has 0 aromatic heterocycles. The van der Waals surface area contributed by atoms with Gasteiger partial charge in [0.15, 0.2) is 6.17 Å². The molecular formula is C10H17FN2O. The maximum atomic E-state index is 13.4.